The molecule has 0 saturated heterocycles. The van der Waals surface area contributed by atoms with Crippen LogP contribution in [0.15, 0.2) is 35.1 Å². The zero-order valence-corrected chi connectivity index (χ0v) is 10.2. The molecule has 2 rings (SSSR count). The molecule has 2 aromatic rings. The third-order valence-corrected chi connectivity index (χ3v) is 3.17. The maximum atomic E-state index is 4.27. The molecule has 78 valence electrons. The third kappa shape index (κ3) is 2.04. The predicted octanol–water partition coefficient (Wildman–Crippen LogP) is 2.98. The molecule has 1 N–H and O–H groups in total. The second-order valence-electron chi connectivity index (χ2n) is 3.36. The van der Waals surface area contributed by atoms with Crippen LogP contribution in [-0.4, -0.2) is 16.8 Å². The van der Waals surface area contributed by atoms with E-state index in [4.69, 9.17) is 0 Å². The Labute approximate surface area is 97.2 Å². The van der Waals surface area contributed by atoms with E-state index in [-0.39, 0.29) is 0 Å². The number of hydrogen-bond acceptors (Lipinski definition) is 2. The summed E-state index contributed by atoms with van der Waals surface area (Å²) in [5.74, 6) is 0. The zero-order valence-electron chi connectivity index (χ0n) is 8.66. The van der Waals surface area contributed by atoms with Crippen molar-refractivity contribution in [3.8, 4) is 5.69 Å². The molecule has 0 bridgehead atoms. The van der Waals surface area contributed by atoms with Gasteiger partial charge in [0.05, 0.1) is 23.8 Å². The maximum Gasteiger partial charge on any atom is 0.0728 e. The second kappa shape index (κ2) is 4.06. The lowest BCUT2D eigenvalue weighted by Crippen LogP contribution is -1.94. The van der Waals surface area contributed by atoms with Crippen LogP contribution >= 0.6 is 15.9 Å². The number of rotatable bonds is 2. The first-order chi connectivity index (χ1) is 7.20. The van der Waals surface area contributed by atoms with Crippen LogP contribution in [0.3, 0.4) is 0 Å². The minimum atomic E-state index is 1.01. The van der Waals surface area contributed by atoms with Gasteiger partial charge in [0.2, 0.25) is 0 Å². The Morgan fingerprint density at radius 3 is 2.80 bits per heavy atom. The van der Waals surface area contributed by atoms with Crippen LogP contribution in [0.5, 0.6) is 0 Å². The van der Waals surface area contributed by atoms with E-state index in [9.17, 15) is 0 Å². The van der Waals surface area contributed by atoms with Gasteiger partial charge < -0.3 is 5.32 Å². The number of aryl methyl sites for hydroxylation is 1. The summed E-state index contributed by atoms with van der Waals surface area (Å²) in [5, 5.41) is 7.32. The molecule has 1 aromatic carbocycles. The Kier molecular flexibility index (Phi) is 2.77. The normalized spacial score (nSPS) is 10.3. The molecule has 0 unspecified atom stereocenters. The number of aromatic nitrogens is 2. The van der Waals surface area contributed by atoms with Crippen LogP contribution in [0, 0.1) is 6.92 Å². The monoisotopic (exact) mass is 265 g/mol. The van der Waals surface area contributed by atoms with Gasteiger partial charge in [0.15, 0.2) is 0 Å². The lowest BCUT2D eigenvalue weighted by molar-refractivity contribution is 0.879. The Bertz CT molecular complexity index is 476. The predicted molar refractivity (Wildman–Crippen MR) is 65.5 cm³/mol. The zero-order chi connectivity index (χ0) is 10.8. The molecular weight excluding hydrogens is 254 g/mol. The van der Waals surface area contributed by atoms with Crippen molar-refractivity contribution in [2.45, 2.75) is 6.92 Å². The number of nitrogens with zero attached hydrogens (tertiary/aromatic N) is 2. The van der Waals surface area contributed by atoms with Crippen molar-refractivity contribution in [3.63, 3.8) is 0 Å². The Morgan fingerprint density at radius 1 is 1.40 bits per heavy atom. The second-order valence-corrected chi connectivity index (χ2v) is 4.21. The van der Waals surface area contributed by atoms with Crippen molar-refractivity contribution in [3.05, 3.63) is 40.6 Å². The average Bonchev–Trinajstić information content (AvgIpc) is 2.70. The van der Waals surface area contributed by atoms with Gasteiger partial charge in [-0.25, -0.2) is 4.68 Å². The summed E-state index contributed by atoms with van der Waals surface area (Å²) in [6, 6.07) is 6.16. The molecule has 0 saturated carbocycles. The summed E-state index contributed by atoms with van der Waals surface area (Å²) >= 11 is 3.48. The molecule has 0 atom stereocenters. The molecule has 0 amide bonds. The molecule has 1 heterocycles. The van der Waals surface area contributed by atoms with E-state index in [0.717, 1.165) is 15.8 Å². The molecule has 0 aliphatic heterocycles. The topological polar surface area (TPSA) is 29.9 Å². The molecule has 3 nitrogen and oxygen atoms in total. The largest absolute Gasteiger partial charge is 0.386 e. The standard InChI is InChI=1S/C11H12BrN3/c1-8-5-10(3-4-11(8)12)15-7-9(13-2)6-14-15/h3-7,13H,1-2H3. The first kappa shape index (κ1) is 10.2. The molecule has 0 aliphatic rings. The Balaban J connectivity index is 2.40. The molecule has 0 radical (unpaired) electrons. The average molecular weight is 266 g/mol. The van der Waals surface area contributed by atoms with Gasteiger partial charge in [0, 0.05) is 11.5 Å². The van der Waals surface area contributed by atoms with E-state index in [0.29, 0.717) is 0 Å². The summed E-state index contributed by atoms with van der Waals surface area (Å²) in [6.45, 7) is 2.07. The summed E-state index contributed by atoms with van der Waals surface area (Å²) in [4.78, 5) is 0. The van der Waals surface area contributed by atoms with Gasteiger partial charge in [0.25, 0.3) is 0 Å². The highest BCUT2D eigenvalue weighted by atomic mass is 79.9. The summed E-state index contributed by atoms with van der Waals surface area (Å²) in [7, 11) is 1.88. The van der Waals surface area contributed by atoms with Crippen molar-refractivity contribution in [2.75, 3.05) is 12.4 Å². The highest BCUT2D eigenvalue weighted by molar-refractivity contribution is 9.10. The van der Waals surface area contributed by atoms with E-state index in [1.165, 1.54) is 5.56 Å². The van der Waals surface area contributed by atoms with E-state index < -0.39 is 0 Å². The minimum Gasteiger partial charge on any atom is -0.386 e. The van der Waals surface area contributed by atoms with Crippen molar-refractivity contribution in [1.29, 1.82) is 0 Å². The highest BCUT2D eigenvalue weighted by Gasteiger charge is 2.01. The number of nitrogens with one attached hydrogen (secondary N) is 1. The molecule has 0 spiro atoms. The van der Waals surface area contributed by atoms with E-state index in [1.807, 2.05) is 30.1 Å². The molecule has 4 heteroatoms. The lowest BCUT2D eigenvalue weighted by atomic mass is 10.2. The third-order valence-electron chi connectivity index (χ3n) is 2.28. The fraction of sp³-hybridized carbons (Fsp3) is 0.182. The van der Waals surface area contributed by atoms with Crippen LogP contribution < -0.4 is 5.32 Å². The van der Waals surface area contributed by atoms with Crippen molar-refractivity contribution in [1.82, 2.24) is 9.78 Å². The molecule has 15 heavy (non-hydrogen) atoms. The summed E-state index contributed by atoms with van der Waals surface area (Å²) < 4.78 is 2.97. The molecule has 0 aliphatic carbocycles. The molecular formula is C11H12BrN3. The fourth-order valence-electron chi connectivity index (χ4n) is 1.36. The lowest BCUT2D eigenvalue weighted by Gasteiger charge is -2.03. The number of benzene rings is 1. The first-order valence-corrected chi connectivity index (χ1v) is 5.49. The molecule has 1 aromatic heterocycles. The minimum absolute atomic E-state index is 1.01. The quantitative estimate of drug-likeness (QED) is 0.905. The summed E-state index contributed by atoms with van der Waals surface area (Å²) in [6.07, 6.45) is 3.76. The van der Waals surface area contributed by atoms with Crippen LogP contribution in [0.2, 0.25) is 0 Å². The fourth-order valence-corrected chi connectivity index (χ4v) is 1.61. The summed E-state index contributed by atoms with van der Waals surface area (Å²) in [5.41, 5.74) is 3.28. The van der Waals surface area contributed by atoms with Gasteiger partial charge in [-0.1, -0.05) is 15.9 Å². The first-order valence-electron chi connectivity index (χ1n) is 4.69. The van der Waals surface area contributed by atoms with Crippen LogP contribution in [0.25, 0.3) is 5.69 Å². The smallest absolute Gasteiger partial charge is 0.0728 e. The van der Waals surface area contributed by atoms with Gasteiger partial charge in [-0.3, -0.25) is 0 Å². The van der Waals surface area contributed by atoms with E-state index in [1.54, 1.807) is 6.20 Å². The van der Waals surface area contributed by atoms with Crippen LogP contribution in [-0.2, 0) is 0 Å². The maximum absolute atomic E-state index is 4.27. The van der Waals surface area contributed by atoms with Crippen molar-refractivity contribution >= 4 is 21.6 Å². The van der Waals surface area contributed by atoms with Crippen LogP contribution in [0.4, 0.5) is 5.69 Å². The van der Waals surface area contributed by atoms with Gasteiger partial charge in [-0.2, -0.15) is 5.10 Å². The molecule has 0 fully saturated rings. The van der Waals surface area contributed by atoms with Crippen molar-refractivity contribution < 1.29 is 0 Å². The number of anilines is 1. The van der Waals surface area contributed by atoms with E-state index in [2.05, 4.69) is 39.3 Å². The van der Waals surface area contributed by atoms with Gasteiger partial charge in [-0.05, 0) is 30.7 Å². The van der Waals surface area contributed by atoms with Gasteiger partial charge >= 0.3 is 0 Å². The Morgan fingerprint density at radius 2 is 2.20 bits per heavy atom. The number of halogens is 1. The highest BCUT2D eigenvalue weighted by Crippen LogP contribution is 2.19. The van der Waals surface area contributed by atoms with E-state index >= 15 is 0 Å². The van der Waals surface area contributed by atoms with Crippen molar-refractivity contribution in [2.24, 2.45) is 0 Å². The van der Waals surface area contributed by atoms with Gasteiger partial charge in [-0.15, -0.1) is 0 Å². The Hall–Kier alpha value is -1.29. The number of hydrogen-bond donors (Lipinski definition) is 1. The SMILES string of the molecule is CNc1cnn(-c2ccc(Br)c(C)c2)c1. The van der Waals surface area contributed by atoms with Crippen LogP contribution in [0.1, 0.15) is 5.56 Å². The van der Waals surface area contributed by atoms with Gasteiger partial charge in [0.1, 0.15) is 0 Å².